The number of ether oxygens (including phenoxy) is 1. The fourth-order valence-electron chi connectivity index (χ4n) is 1.62. The second-order valence-corrected chi connectivity index (χ2v) is 3.52. The summed E-state index contributed by atoms with van der Waals surface area (Å²) in [4.78, 5) is 13.3. The maximum atomic E-state index is 11.5. The minimum absolute atomic E-state index is 0.0665. The lowest BCUT2D eigenvalue weighted by Gasteiger charge is -2.26. The molecule has 14 heavy (non-hydrogen) atoms. The van der Waals surface area contributed by atoms with Crippen molar-refractivity contribution in [1.82, 2.24) is 10.2 Å². The van der Waals surface area contributed by atoms with Crippen molar-refractivity contribution < 1.29 is 9.53 Å². The van der Waals surface area contributed by atoms with E-state index in [9.17, 15) is 4.79 Å². The standard InChI is InChI=1S/C10H20N2O2/c1-3-12(4-2)10(13)14-9-6-5-7-11-8-9/h9,11H,3-8H2,1-2H3/t9-/m1/s1. The number of hydrogen-bond acceptors (Lipinski definition) is 3. The highest BCUT2D eigenvalue weighted by atomic mass is 16.6. The third-order valence-electron chi connectivity index (χ3n) is 2.54. The summed E-state index contributed by atoms with van der Waals surface area (Å²) in [7, 11) is 0. The molecule has 1 atom stereocenters. The monoisotopic (exact) mass is 200 g/mol. The van der Waals surface area contributed by atoms with Gasteiger partial charge in [0.2, 0.25) is 0 Å². The van der Waals surface area contributed by atoms with Gasteiger partial charge in [-0.3, -0.25) is 0 Å². The lowest BCUT2D eigenvalue weighted by atomic mass is 10.1. The molecule has 4 nitrogen and oxygen atoms in total. The van der Waals surface area contributed by atoms with Crippen molar-refractivity contribution in [2.45, 2.75) is 32.8 Å². The van der Waals surface area contributed by atoms with Crippen LogP contribution in [0, 0.1) is 0 Å². The quantitative estimate of drug-likeness (QED) is 0.744. The Morgan fingerprint density at radius 2 is 2.21 bits per heavy atom. The molecule has 1 heterocycles. The van der Waals surface area contributed by atoms with Crippen LogP contribution in [0.15, 0.2) is 0 Å². The number of amides is 1. The van der Waals surface area contributed by atoms with Crippen LogP contribution < -0.4 is 5.32 Å². The smallest absolute Gasteiger partial charge is 0.410 e. The molecule has 1 saturated heterocycles. The third kappa shape index (κ3) is 3.18. The molecule has 0 aromatic heterocycles. The first-order chi connectivity index (χ1) is 6.77. The molecule has 0 aromatic carbocycles. The summed E-state index contributed by atoms with van der Waals surface area (Å²) >= 11 is 0. The van der Waals surface area contributed by atoms with E-state index < -0.39 is 0 Å². The molecule has 1 amide bonds. The Morgan fingerprint density at radius 3 is 2.71 bits per heavy atom. The van der Waals surface area contributed by atoms with E-state index in [1.54, 1.807) is 4.90 Å². The Kier molecular flexibility index (Phi) is 4.73. The van der Waals surface area contributed by atoms with Crippen LogP contribution in [0.2, 0.25) is 0 Å². The first-order valence-electron chi connectivity index (χ1n) is 5.44. The number of piperidine rings is 1. The van der Waals surface area contributed by atoms with Crippen molar-refractivity contribution in [3.8, 4) is 0 Å². The van der Waals surface area contributed by atoms with E-state index in [4.69, 9.17) is 4.74 Å². The van der Waals surface area contributed by atoms with Crippen LogP contribution >= 0.6 is 0 Å². The fourth-order valence-corrected chi connectivity index (χ4v) is 1.62. The molecule has 1 rings (SSSR count). The molecule has 0 aromatic rings. The van der Waals surface area contributed by atoms with Gasteiger partial charge < -0.3 is 15.0 Å². The minimum Gasteiger partial charge on any atom is -0.445 e. The van der Waals surface area contributed by atoms with Crippen LogP contribution in [0.4, 0.5) is 4.79 Å². The summed E-state index contributed by atoms with van der Waals surface area (Å²) in [6.07, 6.45) is 1.97. The van der Waals surface area contributed by atoms with Crippen LogP contribution in [0.1, 0.15) is 26.7 Å². The van der Waals surface area contributed by atoms with E-state index in [2.05, 4.69) is 5.32 Å². The molecule has 1 fully saturated rings. The number of rotatable bonds is 3. The summed E-state index contributed by atoms with van der Waals surface area (Å²) in [5.41, 5.74) is 0. The van der Waals surface area contributed by atoms with Crippen LogP contribution in [0.3, 0.4) is 0 Å². The molecule has 0 radical (unpaired) electrons. The van der Waals surface area contributed by atoms with Crippen molar-refractivity contribution in [3.63, 3.8) is 0 Å². The zero-order chi connectivity index (χ0) is 10.4. The molecule has 0 bridgehead atoms. The Bertz CT molecular complexity index is 175. The van der Waals surface area contributed by atoms with Crippen LogP contribution in [-0.4, -0.2) is 43.3 Å². The maximum absolute atomic E-state index is 11.5. The van der Waals surface area contributed by atoms with Gasteiger partial charge in [-0.05, 0) is 33.2 Å². The highest BCUT2D eigenvalue weighted by Crippen LogP contribution is 2.07. The highest BCUT2D eigenvalue weighted by Gasteiger charge is 2.19. The van der Waals surface area contributed by atoms with E-state index in [0.717, 1.165) is 39.0 Å². The predicted octanol–water partition coefficient (Wildman–Crippen LogP) is 1.22. The van der Waals surface area contributed by atoms with Gasteiger partial charge in [0.1, 0.15) is 6.10 Å². The minimum atomic E-state index is -0.177. The summed E-state index contributed by atoms with van der Waals surface area (Å²) in [6.45, 7) is 7.20. The molecule has 1 aliphatic heterocycles. The molecule has 82 valence electrons. The number of carbonyl (C=O) groups excluding carboxylic acids is 1. The number of hydrogen-bond donors (Lipinski definition) is 1. The van der Waals surface area contributed by atoms with Gasteiger partial charge in [0, 0.05) is 19.6 Å². The summed E-state index contributed by atoms with van der Waals surface area (Å²) in [5, 5.41) is 3.22. The molecule has 1 N–H and O–H groups in total. The lowest BCUT2D eigenvalue weighted by molar-refractivity contribution is 0.0540. The van der Waals surface area contributed by atoms with Crippen molar-refractivity contribution in [2.75, 3.05) is 26.2 Å². The average Bonchev–Trinajstić information content (AvgIpc) is 2.21. The van der Waals surface area contributed by atoms with Crippen LogP contribution in [-0.2, 0) is 4.74 Å². The molecular weight excluding hydrogens is 180 g/mol. The summed E-state index contributed by atoms with van der Waals surface area (Å²) in [5.74, 6) is 0. The van der Waals surface area contributed by atoms with E-state index in [1.165, 1.54) is 0 Å². The second kappa shape index (κ2) is 5.86. The van der Waals surface area contributed by atoms with Crippen LogP contribution in [0.25, 0.3) is 0 Å². The Labute approximate surface area is 85.6 Å². The third-order valence-corrected chi connectivity index (χ3v) is 2.54. The van der Waals surface area contributed by atoms with Crippen LogP contribution in [0.5, 0.6) is 0 Å². The maximum Gasteiger partial charge on any atom is 0.410 e. The molecule has 0 spiro atoms. The van der Waals surface area contributed by atoms with Gasteiger partial charge in [0.15, 0.2) is 0 Å². The zero-order valence-electron chi connectivity index (χ0n) is 9.08. The van der Waals surface area contributed by atoms with Crippen molar-refractivity contribution >= 4 is 6.09 Å². The molecule has 4 heteroatoms. The van der Waals surface area contributed by atoms with Gasteiger partial charge in [-0.15, -0.1) is 0 Å². The first-order valence-corrected chi connectivity index (χ1v) is 5.44. The Morgan fingerprint density at radius 1 is 1.50 bits per heavy atom. The normalized spacial score (nSPS) is 21.7. The molecular formula is C10H20N2O2. The van der Waals surface area contributed by atoms with Gasteiger partial charge in [0.25, 0.3) is 0 Å². The lowest BCUT2D eigenvalue weighted by Crippen LogP contribution is -2.40. The van der Waals surface area contributed by atoms with Crippen molar-refractivity contribution in [1.29, 1.82) is 0 Å². The molecule has 1 aliphatic rings. The van der Waals surface area contributed by atoms with Gasteiger partial charge >= 0.3 is 6.09 Å². The second-order valence-electron chi connectivity index (χ2n) is 3.52. The Balaban J connectivity index is 2.30. The number of nitrogens with zero attached hydrogens (tertiary/aromatic N) is 1. The van der Waals surface area contributed by atoms with E-state index in [1.807, 2.05) is 13.8 Å². The zero-order valence-corrected chi connectivity index (χ0v) is 9.08. The fraction of sp³-hybridized carbons (Fsp3) is 0.900. The van der Waals surface area contributed by atoms with E-state index in [0.29, 0.717) is 0 Å². The van der Waals surface area contributed by atoms with Gasteiger partial charge in [0.05, 0.1) is 0 Å². The molecule has 0 saturated carbocycles. The molecule has 0 unspecified atom stereocenters. The average molecular weight is 200 g/mol. The summed E-state index contributed by atoms with van der Waals surface area (Å²) < 4.78 is 5.36. The highest BCUT2D eigenvalue weighted by molar-refractivity contribution is 5.67. The number of carbonyl (C=O) groups is 1. The van der Waals surface area contributed by atoms with Gasteiger partial charge in [-0.1, -0.05) is 0 Å². The van der Waals surface area contributed by atoms with Crippen molar-refractivity contribution in [2.24, 2.45) is 0 Å². The Hall–Kier alpha value is -0.770. The van der Waals surface area contributed by atoms with Crippen molar-refractivity contribution in [3.05, 3.63) is 0 Å². The first kappa shape index (κ1) is 11.3. The number of nitrogens with one attached hydrogen (secondary N) is 1. The topological polar surface area (TPSA) is 41.6 Å². The van der Waals surface area contributed by atoms with E-state index in [-0.39, 0.29) is 12.2 Å². The molecule has 0 aliphatic carbocycles. The van der Waals surface area contributed by atoms with Gasteiger partial charge in [-0.2, -0.15) is 0 Å². The predicted molar refractivity (Wildman–Crippen MR) is 55.3 cm³/mol. The summed E-state index contributed by atoms with van der Waals surface area (Å²) in [6, 6.07) is 0. The van der Waals surface area contributed by atoms with Gasteiger partial charge in [-0.25, -0.2) is 4.79 Å². The SMILES string of the molecule is CCN(CC)C(=O)O[C@@H]1CCCNC1. The van der Waals surface area contributed by atoms with E-state index >= 15 is 0 Å². The largest absolute Gasteiger partial charge is 0.445 e.